The summed E-state index contributed by atoms with van der Waals surface area (Å²) in [5.41, 5.74) is 0.998. The lowest BCUT2D eigenvalue weighted by molar-refractivity contribution is 0.147. The summed E-state index contributed by atoms with van der Waals surface area (Å²) in [6.45, 7) is 4.42. The fourth-order valence-electron chi connectivity index (χ4n) is 1.46. The molecule has 1 aromatic carbocycles. The number of ether oxygens (including phenoxy) is 3. The van der Waals surface area contributed by atoms with E-state index in [9.17, 15) is 0 Å². The normalized spacial score (nSPS) is 10.1. The van der Waals surface area contributed by atoms with Crippen molar-refractivity contribution in [2.24, 2.45) is 0 Å². The van der Waals surface area contributed by atoms with Crippen LogP contribution in [0.4, 0.5) is 5.69 Å². The molecule has 17 heavy (non-hydrogen) atoms. The topological polar surface area (TPSA) is 39.7 Å². The fraction of sp³-hybridized carbons (Fsp3) is 0.538. The number of anilines is 1. The summed E-state index contributed by atoms with van der Waals surface area (Å²) >= 11 is 0. The molecule has 0 unspecified atom stereocenters. The van der Waals surface area contributed by atoms with Crippen molar-refractivity contribution in [2.45, 2.75) is 13.3 Å². The first kappa shape index (κ1) is 13.6. The van der Waals surface area contributed by atoms with Crippen LogP contribution in [-0.2, 0) is 4.74 Å². The van der Waals surface area contributed by atoms with Gasteiger partial charge in [-0.05, 0) is 13.3 Å². The number of methoxy groups -OCH3 is 2. The Balaban J connectivity index is 2.46. The fourth-order valence-corrected chi connectivity index (χ4v) is 1.46. The van der Waals surface area contributed by atoms with Gasteiger partial charge in [-0.3, -0.25) is 0 Å². The van der Waals surface area contributed by atoms with Gasteiger partial charge in [0, 0.05) is 43.6 Å². The largest absolute Gasteiger partial charge is 0.497 e. The monoisotopic (exact) mass is 239 g/mol. The first-order chi connectivity index (χ1) is 8.30. The summed E-state index contributed by atoms with van der Waals surface area (Å²) in [5.74, 6) is 1.58. The summed E-state index contributed by atoms with van der Waals surface area (Å²) in [6.07, 6.45) is 0.980. The average Bonchev–Trinajstić information content (AvgIpc) is 2.38. The third-order valence-electron chi connectivity index (χ3n) is 2.35. The van der Waals surface area contributed by atoms with Crippen LogP contribution in [0, 0.1) is 0 Å². The van der Waals surface area contributed by atoms with Gasteiger partial charge in [0.2, 0.25) is 0 Å². The Kier molecular flexibility index (Phi) is 6.25. The van der Waals surface area contributed by atoms with Crippen LogP contribution >= 0.6 is 0 Å². The Labute approximate surface area is 103 Å². The van der Waals surface area contributed by atoms with E-state index < -0.39 is 0 Å². The van der Waals surface area contributed by atoms with E-state index in [1.54, 1.807) is 14.2 Å². The van der Waals surface area contributed by atoms with Gasteiger partial charge in [0.1, 0.15) is 11.5 Å². The van der Waals surface area contributed by atoms with Crippen LogP contribution < -0.4 is 14.8 Å². The molecule has 0 heterocycles. The van der Waals surface area contributed by atoms with E-state index in [1.165, 1.54) is 0 Å². The predicted octanol–water partition coefficient (Wildman–Crippen LogP) is 2.54. The second-order valence-electron chi connectivity index (χ2n) is 3.58. The molecule has 0 atom stereocenters. The van der Waals surface area contributed by atoms with E-state index >= 15 is 0 Å². The molecule has 0 radical (unpaired) electrons. The molecular weight excluding hydrogens is 218 g/mol. The van der Waals surface area contributed by atoms with E-state index in [4.69, 9.17) is 14.2 Å². The second kappa shape index (κ2) is 7.79. The van der Waals surface area contributed by atoms with Gasteiger partial charge >= 0.3 is 0 Å². The number of hydrogen-bond acceptors (Lipinski definition) is 4. The predicted molar refractivity (Wildman–Crippen MR) is 69.1 cm³/mol. The summed E-state index contributed by atoms with van der Waals surface area (Å²) in [4.78, 5) is 0. The van der Waals surface area contributed by atoms with Crippen LogP contribution in [0.5, 0.6) is 11.5 Å². The van der Waals surface area contributed by atoms with Gasteiger partial charge in [-0.2, -0.15) is 0 Å². The highest BCUT2D eigenvalue weighted by Gasteiger charge is 2.00. The molecule has 0 amide bonds. The molecule has 96 valence electrons. The highest BCUT2D eigenvalue weighted by atomic mass is 16.5. The van der Waals surface area contributed by atoms with Crippen LogP contribution in [-0.4, -0.2) is 34.0 Å². The van der Waals surface area contributed by atoms with Crippen molar-refractivity contribution >= 4 is 5.69 Å². The van der Waals surface area contributed by atoms with Crippen molar-refractivity contribution in [1.29, 1.82) is 0 Å². The third-order valence-corrected chi connectivity index (χ3v) is 2.35. The van der Waals surface area contributed by atoms with Gasteiger partial charge in [-0.15, -0.1) is 0 Å². The van der Waals surface area contributed by atoms with Gasteiger partial charge < -0.3 is 19.5 Å². The van der Waals surface area contributed by atoms with Crippen LogP contribution in [0.3, 0.4) is 0 Å². The Hall–Kier alpha value is -1.42. The molecule has 0 spiro atoms. The highest BCUT2D eigenvalue weighted by molar-refractivity contribution is 5.53. The Morgan fingerprint density at radius 3 is 2.24 bits per heavy atom. The minimum atomic E-state index is 0.771. The number of benzene rings is 1. The molecule has 0 fully saturated rings. The Morgan fingerprint density at radius 1 is 1.06 bits per heavy atom. The van der Waals surface area contributed by atoms with Crippen molar-refractivity contribution in [3.63, 3.8) is 0 Å². The lowest BCUT2D eigenvalue weighted by atomic mass is 10.2. The Morgan fingerprint density at radius 2 is 1.71 bits per heavy atom. The van der Waals surface area contributed by atoms with Crippen LogP contribution in [0.15, 0.2) is 18.2 Å². The SMILES string of the molecule is CCOCCCNc1cc(OC)cc(OC)c1. The minimum absolute atomic E-state index is 0.771. The maximum Gasteiger partial charge on any atom is 0.124 e. The van der Waals surface area contributed by atoms with Crippen LogP contribution in [0.2, 0.25) is 0 Å². The molecule has 0 saturated heterocycles. The van der Waals surface area contributed by atoms with E-state index in [0.717, 1.165) is 43.4 Å². The molecule has 4 heteroatoms. The van der Waals surface area contributed by atoms with Gasteiger partial charge in [-0.1, -0.05) is 0 Å². The molecule has 1 rings (SSSR count). The van der Waals surface area contributed by atoms with Gasteiger partial charge in [0.05, 0.1) is 14.2 Å². The van der Waals surface area contributed by atoms with Crippen molar-refractivity contribution in [2.75, 3.05) is 39.3 Å². The number of nitrogens with one attached hydrogen (secondary N) is 1. The maximum atomic E-state index is 5.27. The summed E-state index contributed by atoms with van der Waals surface area (Å²) < 4.78 is 15.7. The van der Waals surface area contributed by atoms with Crippen LogP contribution in [0.1, 0.15) is 13.3 Å². The minimum Gasteiger partial charge on any atom is -0.497 e. The lowest BCUT2D eigenvalue weighted by Gasteiger charge is -2.10. The van der Waals surface area contributed by atoms with E-state index in [-0.39, 0.29) is 0 Å². The summed E-state index contributed by atoms with van der Waals surface area (Å²) in [6, 6.07) is 5.75. The van der Waals surface area contributed by atoms with E-state index in [0.29, 0.717) is 0 Å². The highest BCUT2D eigenvalue weighted by Crippen LogP contribution is 2.25. The maximum absolute atomic E-state index is 5.27. The molecule has 0 aliphatic carbocycles. The van der Waals surface area contributed by atoms with Crippen molar-refractivity contribution in [1.82, 2.24) is 0 Å². The summed E-state index contributed by atoms with van der Waals surface area (Å²) in [5, 5.41) is 3.31. The van der Waals surface area contributed by atoms with Crippen molar-refractivity contribution < 1.29 is 14.2 Å². The Bertz CT molecular complexity index is 306. The zero-order valence-corrected chi connectivity index (χ0v) is 10.8. The van der Waals surface area contributed by atoms with Gasteiger partial charge in [-0.25, -0.2) is 0 Å². The van der Waals surface area contributed by atoms with Gasteiger partial charge in [0.15, 0.2) is 0 Å². The number of hydrogen-bond donors (Lipinski definition) is 1. The quantitative estimate of drug-likeness (QED) is 0.708. The average molecular weight is 239 g/mol. The third kappa shape index (κ3) is 4.95. The van der Waals surface area contributed by atoms with Gasteiger partial charge in [0.25, 0.3) is 0 Å². The zero-order chi connectivity index (χ0) is 12.5. The lowest BCUT2D eigenvalue weighted by Crippen LogP contribution is -2.05. The molecule has 1 N–H and O–H groups in total. The first-order valence-electron chi connectivity index (χ1n) is 5.84. The molecule has 0 bridgehead atoms. The molecule has 0 aliphatic rings. The van der Waals surface area contributed by atoms with Crippen molar-refractivity contribution in [3.05, 3.63) is 18.2 Å². The zero-order valence-electron chi connectivity index (χ0n) is 10.8. The molecule has 4 nitrogen and oxygen atoms in total. The molecule has 0 aromatic heterocycles. The number of rotatable bonds is 8. The van der Waals surface area contributed by atoms with E-state index in [2.05, 4.69) is 5.32 Å². The van der Waals surface area contributed by atoms with Crippen molar-refractivity contribution in [3.8, 4) is 11.5 Å². The van der Waals surface area contributed by atoms with E-state index in [1.807, 2.05) is 25.1 Å². The second-order valence-corrected chi connectivity index (χ2v) is 3.58. The molecule has 0 aliphatic heterocycles. The molecule has 1 aromatic rings. The molecular formula is C13H21NO3. The first-order valence-corrected chi connectivity index (χ1v) is 5.84. The molecule has 0 saturated carbocycles. The standard InChI is InChI=1S/C13H21NO3/c1-4-17-7-5-6-14-11-8-12(15-2)10-13(9-11)16-3/h8-10,14H,4-7H2,1-3H3. The summed E-state index contributed by atoms with van der Waals surface area (Å²) in [7, 11) is 3.29. The smallest absolute Gasteiger partial charge is 0.124 e. The van der Waals surface area contributed by atoms with Crippen LogP contribution in [0.25, 0.3) is 0 Å².